The third-order valence-corrected chi connectivity index (χ3v) is 15.3. The van der Waals surface area contributed by atoms with Crippen LogP contribution in [0.3, 0.4) is 0 Å². The van der Waals surface area contributed by atoms with E-state index in [4.69, 9.17) is 24.2 Å². The molecule has 2 aromatic carbocycles. The van der Waals surface area contributed by atoms with Gasteiger partial charge in [0.1, 0.15) is 17.1 Å². The average molecular weight is 965 g/mol. The molecule has 378 valence electrons. The number of anilines is 1. The van der Waals surface area contributed by atoms with Crippen molar-refractivity contribution in [2.24, 2.45) is 22.9 Å². The number of hydrogen-bond donors (Lipinski definition) is 4. The molecule has 1 fully saturated rings. The monoisotopic (exact) mass is 965 g/mol. The van der Waals surface area contributed by atoms with Crippen molar-refractivity contribution in [2.45, 2.75) is 172 Å². The number of ether oxygens (including phenoxy) is 3. The van der Waals surface area contributed by atoms with E-state index in [9.17, 15) is 28.2 Å². The Hall–Kier alpha value is -4.28. The quantitative estimate of drug-likeness (QED) is 0.0363. The van der Waals surface area contributed by atoms with Crippen LogP contribution in [0.1, 0.15) is 155 Å². The van der Waals surface area contributed by atoms with Crippen molar-refractivity contribution >= 4 is 33.4 Å². The second kappa shape index (κ2) is 26.1. The standard InChI is InChI=1S/C53H80N4O10S/c1-8-10-11-12-13-14-15-16-17-20-31-54-51(61)65-41-27-30-47-45(36-41)49-43(24-19-22-33-59)39(23-18-21-32-58)35-44-46(56-67-52(4,5)6)37-48(53(66-47,50(44)49)64-34-9-2)57(7)68(62,63)42-28-25-40(26-29-42)55-38(3)60/h9,25-30,35-36,39,43,48-50,58-59H,2,8,10-24,31-34,37H2,1,3-7H3,(H,54,61)(H,55,60)/t39-,43+,48-,49+,50+,53+/m0/s1. The molecular weight excluding hydrogens is 885 g/mol. The van der Waals surface area contributed by atoms with Gasteiger partial charge in [0.2, 0.25) is 21.7 Å². The molecule has 0 bridgehead atoms. The Morgan fingerprint density at radius 1 is 0.926 bits per heavy atom. The Morgan fingerprint density at radius 2 is 1.57 bits per heavy atom. The zero-order chi connectivity index (χ0) is 49.3. The number of nitrogens with one attached hydrogen (secondary N) is 2. The number of carbonyl (C=O) groups excluding carboxylic acids is 2. The highest BCUT2D eigenvalue weighted by Gasteiger charge is 2.65. The number of rotatable bonds is 28. The molecule has 0 spiro atoms. The molecule has 0 saturated heterocycles. The molecule has 1 heterocycles. The molecule has 4 N–H and O–H groups in total. The van der Waals surface area contributed by atoms with Gasteiger partial charge >= 0.3 is 6.09 Å². The van der Waals surface area contributed by atoms with E-state index in [0.717, 1.165) is 49.7 Å². The fraction of sp³-hybridized carbons (Fsp3) is 0.642. The summed E-state index contributed by atoms with van der Waals surface area (Å²) in [4.78, 5) is 31.3. The van der Waals surface area contributed by atoms with Crippen LogP contribution in [-0.4, -0.2) is 91.5 Å². The number of likely N-dealkylation sites (N-methyl/N-ethyl adjacent to an activating group) is 1. The summed E-state index contributed by atoms with van der Waals surface area (Å²) >= 11 is 0. The van der Waals surface area contributed by atoms with E-state index in [2.05, 4.69) is 30.2 Å². The van der Waals surface area contributed by atoms with Crippen molar-refractivity contribution in [3.63, 3.8) is 0 Å². The molecule has 2 aliphatic carbocycles. The molecule has 6 atom stereocenters. The summed E-state index contributed by atoms with van der Waals surface area (Å²) in [6.45, 7) is 13.9. The molecule has 0 unspecified atom stereocenters. The number of nitrogens with zero attached hydrogens (tertiary/aromatic N) is 2. The number of amides is 2. The van der Waals surface area contributed by atoms with Crippen LogP contribution in [0.15, 0.2) is 76.8 Å². The van der Waals surface area contributed by atoms with Crippen molar-refractivity contribution in [3.8, 4) is 11.5 Å². The van der Waals surface area contributed by atoms with Crippen LogP contribution in [0.25, 0.3) is 0 Å². The van der Waals surface area contributed by atoms with Gasteiger partial charge < -0.3 is 39.9 Å². The van der Waals surface area contributed by atoms with Gasteiger partial charge in [-0.25, -0.2) is 13.2 Å². The maximum absolute atomic E-state index is 14.9. The summed E-state index contributed by atoms with van der Waals surface area (Å²) in [5.41, 5.74) is 1.95. The van der Waals surface area contributed by atoms with Gasteiger partial charge in [0, 0.05) is 57.3 Å². The first kappa shape index (κ1) is 54.7. The lowest BCUT2D eigenvalue weighted by atomic mass is 9.55. The fourth-order valence-corrected chi connectivity index (χ4v) is 11.5. The van der Waals surface area contributed by atoms with Gasteiger partial charge in [-0.15, -0.1) is 6.58 Å². The molecule has 0 radical (unpaired) electrons. The Bertz CT molecular complexity index is 2120. The number of fused-ring (bicyclic) bond motifs is 2. The fourth-order valence-electron chi connectivity index (χ4n) is 10.2. The number of carbonyl (C=O) groups is 2. The predicted octanol–water partition coefficient (Wildman–Crippen LogP) is 10.4. The van der Waals surface area contributed by atoms with Gasteiger partial charge in [-0.2, -0.15) is 4.31 Å². The lowest BCUT2D eigenvalue weighted by Crippen LogP contribution is -2.69. The summed E-state index contributed by atoms with van der Waals surface area (Å²) in [6, 6.07) is 10.4. The first-order valence-electron chi connectivity index (χ1n) is 25.2. The summed E-state index contributed by atoms with van der Waals surface area (Å²) in [7, 11) is -2.74. The molecule has 15 heteroatoms. The molecule has 0 aromatic heterocycles. The molecule has 1 aliphatic heterocycles. The largest absolute Gasteiger partial charge is 0.460 e. The van der Waals surface area contributed by atoms with Crippen molar-refractivity contribution in [3.05, 3.63) is 72.3 Å². The maximum Gasteiger partial charge on any atom is 0.412 e. The molecule has 2 aromatic rings. The van der Waals surface area contributed by atoms with Crippen LogP contribution in [0, 0.1) is 17.8 Å². The Morgan fingerprint density at radius 3 is 2.19 bits per heavy atom. The second-order valence-electron chi connectivity index (χ2n) is 19.7. The molecular formula is C53H80N4O10S. The van der Waals surface area contributed by atoms with E-state index in [1.807, 2.05) is 26.8 Å². The highest BCUT2D eigenvalue weighted by molar-refractivity contribution is 7.89. The molecule has 1 saturated carbocycles. The van der Waals surface area contributed by atoms with Gasteiger partial charge in [0.15, 0.2) is 0 Å². The summed E-state index contributed by atoms with van der Waals surface area (Å²) in [6.07, 6.45) is 19.5. The normalized spacial score (nSPS) is 22.7. The average Bonchev–Trinajstić information content (AvgIpc) is 3.30. The molecule has 14 nitrogen and oxygen atoms in total. The minimum atomic E-state index is -4.26. The highest BCUT2D eigenvalue weighted by Crippen LogP contribution is 2.62. The number of unbranched alkanes of at least 4 members (excludes halogenated alkanes) is 11. The third kappa shape index (κ3) is 14.4. The minimum absolute atomic E-state index is 0.00852. The number of aliphatic hydroxyl groups excluding tert-OH is 2. The van der Waals surface area contributed by atoms with Crippen molar-refractivity contribution in [2.75, 3.05) is 38.7 Å². The second-order valence-corrected chi connectivity index (χ2v) is 21.7. The van der Waals surface area contributed by atoms with Crippen LogP contribution in [0.5, 0.6) is 11.5 Å². The number of hydrogen-bond acceptors (Lipinski definition) is 11. The summed E-state index contributed by atoms with van der Waals surface area (Å²) in [5.74, 6) is -2.22. The molecule has 5 rings (SSSR count). The van der Waals surface area contributed by atoms with Crippen LogP contribution in [-0.2, 0) is 24.4 Å². The van der Waals surface area contributed by atoms with Crippen LogP contribution >= 0.6 is 0 Å². The SMILES string of the molecule is C=CCO[C@@]12Oc3ccc(OC(=O)NCCCCCCCCCCCC)cc3[C@H]3[C@H](CCCCO)[C@@H](CCCCO)C=C(C(=NOC(C)(C)C)C[C@@H]1N(C)S(=O)(=O)c1ccc(NC(C)=O)cc1)[C@H]32. The topological polar surface area (TPSA) is 185 Å². The van der Waals surface area contributed by atoms with Gasteiger partial charge in [-0.05, 0) is 113 Å². The van der Waals surface area contributed by atoms with E-state index in [1.54, 1.807) is 30.3 Å². The summed E-state index contributed by atoms with van der Waals surface area (Å²) < 4.78 is 51.2. The summed E-state index contributed by atoms with van der Waals surface area (Å²) in [5, 5.41) is 30.3. The molecule has 68 heavy (non-hydrogen) atoms. The van der Waals surface area contributed by atoms with Crippen molar-refractivity contribution < 1.29 is 47.3 Å². The smallest absolute Gasteiger partial charge is 0.412 e. The van der Waals surface area contributed by atoms with Crippen LogP contribution < -0.4 is 20.1 Å². The van der Waals surface area contributed by atoms with Gasteiger partial charge in [0.25, 0.3) is 0 Å². The van der Waals surface area contributed by atoms with Crippen molar-refractivity contribution in [1.29, 1.82) is 0 Å². The van der Waals surface area contributed by atoms with Gasteiger partial charge in [0.05, 0.1) is 29.2 Å². The zero-order valence-corrected chi connectivity index (χ0v) is 42.4. The van der Waals surface area contributed by atoms with E-state index in [-0.39, 0.29) is 54.8 Å². The van der Waals surface area contributed by atoms with Crippen molar-refractivity contribution in [1.82, 2.24) is 9.62 Å². The zero-order valence-electron chi connectivity index (χ0n) is 41.6. The number of allylic oxidation sites excluding steroid dienone is 1. The lowest BCUT2D eigenvalue weighted by Gasteiger charge is -2.59. The maximum atomic E-state index is 14.9. The number of aliphatic hydroxyl groups is 2. The Kier molecular flexibility index (Phi) is 21.0. The number of sulfonamides is 1. The lowest BCUT2D eigenvalue weighted by molar-refractivity contribution is -0.250. The van der Waals surface area contributed by atoms with Gasteiger partial charge in [-0.1, -0.05) is 94.9 Å². The first-order valence-corrected chi connectivity index (χ1v) is 26.6. The Balaban J connectivity index is 1.58. The highest BCUT2D eigenvalue weighted by atomic mass is 32.2. The predicted molar refractivity (Wildman–Crippen MR) is 267 cm³/mol. The van der Waals surface area contributed by atoms with Crippen LogP contribution in [0.4, 0.5) is 10.5 Å². The first-order chi connectivity index (χ1) is 32.6. The van der Waals surface area contributed by atoms with E-state index in [1.165, 1.54) is 75.4 Å². The van der Waals surface area contributed by atoms with E-state index < -0.39 is 39.5 Å². The third-order valence-electron chi connectivity index (χ3n) is 13.4. The van der Waals surface area contributed by atoms with E-state index >= 15 is 0 Å². The van der Waals surface area contributed by atoms with Gasteiger partial charge in [-0.3, -0.25) is 4.79 Å². The number of benzene rings is 2. The Labute approximate surface area is 406 Å². The van der Waals surface area contributed by atoms with E-state index in [0.29, 0.717) is 48.7 Å². The molecule has 3 aliphatic rings. The number of oxime groups is 1. The molecule has 2 amide bonds. The minimum Gasteiger partial charge on any atom is -0.460 e. The van der Waals surface area contributed by atoms with Crippen LogP contribution in [0.2, 0.25) is 0 Å².